The van der Waals surface area contributed by atoms with E-state index >= 15 is 0 Å². The lowest BCUT2D eigenvalue weighted by atomic mass is 9.80. The third kappa shape index (κ3) is 4.11. The van der Waals surface area contributed by atoms with Crippen molar-refractivity contribution >= 4 is 44.2 Å². The molecule has 0 aliphatic heterocycles. The predicted molar refractivity (Wildman–Crippen MR) is 112 cm³/mol. The van der Waals surface area contributed by atoms with Crippen molar-refractivity contribution in [2.45, 2.75) is 25.1 Å². The van der Waals surface area contributed by atoms with E-state index in [1.54, 1.807) is 12.3 Å². The van der Waals surface area contributed by atoms with Gasteiger partial charge in [-0.05, 0) is 46.6 Å². The van der Waals surface area contributed by atoms with Crippen LogP contribution < -0.4 is 10.5 Å². The van der Waals surface area contributed by atoms with E-state index in [2.05, 4.69) is 32.1 Å². The van der Waals surface area contributed by atoms with Crippen molar-refractivity contribution in [3.63, 3.8) is 0 Å². The van der Waals surface area contributed by atoms with Crippen molar-refractivity contribution < 1.29 is 17.9 Å². The SMILES string of the molecule is COc1nc2cn(CC(C)(C#N)c3cc(C(F)(F)F)ccc3C(N)=S)nc2cc1Br. The molecule has 0 saturated heterocycles. The van der Waals surface area contributed by atoms with Gasteiger partial charge in [0.15, 0.2) is 0 Å². The van der Waals surface area contributed by atoms with Crippen LogP contribution in [0.4, 0.5) is 13.2 Å². The normalized spacial score (nSPS) is 13.6. The van der Waals surface area contributed by atoms with Crippen molar-refractivity contribution in [1.29, 1.82) is 5.26 Å². The van der Waals surface area contributed by atoms with E-state index in [4.69, 9.17) is 22.7 Å². The van der Waals surface area contributed by atoms with Crippen molar-refractivity contribution in [1.82, 2.24) is 14.8 Å². The number of hydrogen-bond donors (Lipinski definition) is 1. The second-order valence-corrected chi connectivity index (χ2v) is 8.07. The molecule has 1 unspecified atom stereocenters. The quantitative estimate of drug-likeness (QED) is 0.527. The molecule has 0 amide bonds. The van der Waals surface area contributed by atoms with Crippen molar-refractivity contribution in [3.05, 3.63) is 51.6 Å². The first-order valence-electron chi connectivity index (χ1n) is 8.49. The molecule has 0 aliphatic carbocycles. The Labute approximate surface area is 183 Å². The average Bonchev–Trinajstić information content (AvgIpc) is 3.06. The maximum Gasteiger partial charge on any atom is 0.416 e. The van der Waals surface area contributed by atoms with Gasteiger partial charge in [0.1, 0.15) is 16.0 Å². The Hall–Kier alpha value is -2.71. The van der Waals surface area contributed by atoms with Crippen LogP contribution >= 0.6 is 28.1 Å². The molecule has 6 nitrogen and oxygen atoms in total. The summed E-state index contributed by atoms with van der Waals surface area (Å²) in [5, 5.41) is 14.3. The fourth-order valence-electron chi connectivity index (χ4n) is 3.08. The highest BCUT2D eigenvalue weighted by Crippen LogP contribution is 2.36. The number of aromatic nitrogens is 3. The third-order valence-corrected chi connectivity index (χ3v) is 5.37. The van der Waals surface area contributed by atoms with Crippen LogP contribution in [-0.2, 0) is 18.1 Å². The largest absolute Gasteiger partial charge is 0.480 e. The molecule has 2 N–H and O–H groups in total. The van der Waals surface area contributed by atoms with Gasteiger partial charge in [0.2, 0.25) is 5.88 Å². The number of pyridine rings is 1. The van der Waals surface area contributed by atoms with Crippen molar-refractivity contribution in [3.8, 4) is 11.9 Å². The Bertz CT molecular complexity index is 1190. The maximum absolute atomic E-state index is 13.3. The van der Waals surface area contributed by atoms with Gasteiger partial charge in [-0.2, -0.15) is 23.5 Å². The third-order valence-electron chi connectivity index (χ3n) is 4.58. The van der Waals surface area contributed by atoms with Crippen LogP contribution in [0, 0.1) is 11.3 Å². The highest BCUT2D eigenvalue weighted by atomic mass is 79.9. The summed E-state index contributed by atoms with van der Waals surface area (Å²) in [6.07, 6.45) is -2.99. The molecular formula is C19H15BrF3N5OS. The first-order valence-corrected chi connectivity index (χ1v) is 9.69. The highest BCUT2D eigenvalue weighted by Gasteiger charge is 2.36. The molecule has 0 spiro atoms. The van der Waals surface area contributed by atoms with Crippen molar-refractivity contribution in [2.75, 3.05) is 7.11 Å². The van der Waals surface area contributed by atoms with Gasteiger partial charge in [-0.3, -0.25) is 4.68 Å². The lowest BCUT2D eigenvalue weighted by Gasteiger charge is -2.25. The molecule has 0 saturated carbocycles. The number of thiocarbonyl (C=S) groups is 1. The van der Waals surface area contributed by atoms with E-state index in [-0.39, 0.29) is 22.7 Å². The predicted octanol–water partition coefficient (Wildman–Crippen LogP) is 4.34. The van der Waals surface area contributed by atoms with Gasteiger partial charge in [-0.15, -0.1) is 0 Å². The number of nitrogens with two attached hydrogens (primary N) is 1. The number of methoxy groups -OCH3 is 1. The maximum atomic E-state index is 13.3. The van der Waals surface area contributed by atoms with Crippen molar-refractivity contribution in [2.24, 2.45) is 5.73 Å². The summed E-state index contributed by atoms with van der Waals surface area (Å²) >= 11 is 8.32. The van der Waals surface area contributed by atoms with E-state index in [0.717, 1.165) is 12.1 Å². The minimum absolute atomic E-state index is 0.0449. The van der Waals surface area contributed by atoms with Gasteiger partial charge in [-0.1, -0.05) is 18.3 Å². The summed E-state index contributed by atoms with van der Waals surface area (Å²) in [6, 6.07) is 6.80. The number of alkyl halides is 3. The van der Waals surface area contributed by atoms with Gasteiger partial charge in [-0.25, -0.2) is 4.98 Å². The van der Waals surface area contributed by atoms with E-state index in [9.17, 15) is 18.4 Å². The summed E-state index contributed by atoms with van der Waals surface area (Å²) in [5.41, 5.74) is 4.76. The van der Waals surface area contributed by atoms with Crippen LogP contribution in [0.15, 0.2) is 34.9 Å². The molecule has 0 radical (unpaired) electrons. The van der Waals surface area contributed by atoms with Crippen LogP contribution in [0.1, 0.15) is 23.6 Å². The molecule has 0 bridgehead atoms. The molecule has 156 valence electrons. The summed E-state index contributed by atoms with van der Waals surface area (Å²) in [5.74, 6) is 0.360. The highest BCUT2D eigenvalue weighted by molar-refractivity contribution is 9.10. The number of hydrogen-bond acceptors (Lipinski definition) is 5. The number of halogens is 4. The summed E-state index contributed by atoms with van der Waals surface area (Å²) < 4.78 is 47.0. The summed E-state index contributed by atoms with van der Waals surface area (Å²) in [4.78, 5) is 4.21. The molecule has 11 heteroatoms. The molecule has 3 rings (SSSR count). The van der Waals surface area contributed by atoms with Crippen LogP contribution in [0.25, 0.3) is 11.0 Å². The molecule has 2 heterocycles. The molecular weight excluding hydrogens is 483 g/mol. The Morgan fingerprint density at radius 2 is 2.03 bits per heavy atom. The van der Waals surface area contributed by atoms with Gasteiger partial charge in [0, 0.05) is 5.56 Å². The van der Waals surface area contributed by atoms with Gasteiger partial charge < -0.3 is 10.5 Å². The fraction of sp³-hybridized carbons (Fsp3) is 0.263. The minimum atomic E-state index is -4.58. The first kappa shape index (κ1) is 22.0. The fourth-order valence-corrected chi connectivity index (χ4v) is 3.73. The number of rotatable bonds is 5. The van der Waals surface area contributed by atoms with E-state index < -0.39 is 17.2 Å². The zero-order chi connectivity index (χ0) is 22.3. The number of ether oxygens (including phenoxy) is 1. The van der Waals surface area contributed by atoms with Crippen LogP contribution in [-0.4, -0.2) is 26.9 Å². The molecule has 2 aromatic heterocycles. The second kappa shape index (κ2) is 7.85. The average molecular weight is 498 g/mol. The van der Waals surface area contributed by atoms with Gasteiger partial charge in [0.05, 0.1) is 41.4 Å². The smallest absolute Gasteiger partial charge is 0.416 e. The Morgan fingerprint density at radius 1 is 1.33 bits per heavy atom. The summed E-state index contributed by atoms with van der Waals surface area (Å²) in [6.45, 7) is 1.47. The monoisotopic (exact) mass is 497 g/mol. The topological polar surface area (TPSA) is 89.8 Å². The Morgan fingerprint density at radius 3 is 2.60 bits per heavy atom. The number of benzene rings is 1. The molecule has 30 heavy (non-hydrogen) atoms. The molecule has 1 aromatic carbocycles. The lowest BCUT2D eigenvalue weighted by molar-refractivity contribution is -0.137. The van der Waals surface area contributed by atoms with E-state index in [0.29, 0.717) is 21.4 Å². The van der Waals surface area contributed by atoms with E-state index in [1.165, 1.54) is 24.8 Å². The lowest BCUT2D eigenvalue weighted by Crippen LogP contribution is -2.30. The van der Waals surface area contributed by atoms with Crippen LogP contribution in [0.3, 0.4) is 0 Å². The zero-order valence-electron chi connectivity index (χ0n) is 15.8. The number of fused-ring (bicyclic) bond motifs is 1. The zero-order valence-corrected chi connectivity index (χ0v) is 18.2. The Balaban J connectivity index is 2.11. The number of nitriles is 1. The van der Waals surface area contributed by atoms with E-state index in [1.807, 2.05) is 0 Å². The van der Waals surface area contributed by atoms with Crippen LogP contribution in [0.5, 0.6) is 5.88 Å². The van der Waals surface area contributed by atoms with Gasteiger partial charge in [0.25, 0.3) is 0 Å². The molecule has 3 aromatic rings. The molecule has 0 fully saturated rings. The molecule has 0 aliphatic rings. The minimum Gasteiger partial charge on any atom is -0.480 e. The second-order valence-electron chi connectivity index (χ2n) is 6.78. The van der Waals surface area contributed by atoms with Gasteiger partial charge >= 0.3 is 6.18 Å². The molecule has 1 atom stereocenters. The number of nitrogens with zero attached hydrogens (tertiary/aromatic N) is 4. The first-order chi connectivity index (χ1) is 14.0. The standard InChI is InChI=1S/C19H15BrF3N5OS/c1-18(8-24,12-5-10(19(21,22)23)3-4-11(12)16(25)30)9-28-7-15-14(27-28)6-13(20)17(26-15)29-2/h3-7H,9H2,1-2H3,(H2,25,30). The Kier molecular flexibility index (Phi) is 5.75. The van der Waals surface area contributed by atoms with Crippen LogP contribution in [0.2, 0.25) is 0 Å². The summed E-state index contributed by atoms with van der Waals surface area (Å²) in [7, 11) is 1.47.